The van der Waals surface area contributed by atoms with Crippen molar-refractivity contribution in [3.63, 3.8) is 0 Å². The van der Waals surface area contributed by atoms with Gasteiger partial charge in [-0.2, -0.15) is 5.10 Å². The van der Waals surface area contributed by atoms with Crippen LogP contribution in [0.15, 0.2) is 6.20 Å². The van der Waals surface area contributed by atoms with Crippen LogP contribution in [-0.4, -0.2) is 9.78 Å². The van der Waals surface area contributed by atoms with E-state index in [4.69, 9.17) is 0 Å². The van der Waals surface area contributed by atoms with Crippen molar-refractivity contribution < 1.29 is 0 Å². The van der Waals surface area contributed by atoms with E-state index in [9.17, 15) is 0 Å². The molecule has 2 nitrogen and oxygen atoms in total. The Kier molecular flexibility index (Phi) is 1.91. The van der Waals surface area contributed by atoms with Crippen LogP contribution < -0.4 is 0 Å². The van der Waals surface area contributed by atoms with Gasteiger partial charge in [0.25, 0.3) is 0 Å². The summed E-state index contributed by atoms with van der Waals surface area (Å²) in [7, 11) is 0. The van der Waals surface area contributed by atoms with Gasteiger partial charge < -0.3 is 0 Å². The summed E-state index contributed by atoms with van der Waals surface area (Å²) < 4.78 is 2.18. The lowest BCUT2D eigenvalue weighted by molar-refractivity contribution is 0.390. The van der Waals surface area contributed by atoms with Crippen LogP contribution in [0.1, 0.15) is 31.5 Å². The van der Waals surface area contributed by atoms with Gasteiger partial charge in [-0.3, -0.25) is 4.68 Å². The first-order valence-corrected chi connectivity index (χ1v) is 4.84. The largest absolute Gasteiger partial charge is 0.269 e. The molecule has 0 unspecified atom stereocenters. The van der Waals surface area contributed by atoms with Crippen molar-refractivity contribution in [1.82, 2.24) is 9.78 Å². The Balaban J connectivity index is 2.34. The first-order valence-electron chi connectivity index (χ1n) is 4.84. The average Bonchev–Trinajstić information content (AvgIpc) is 2.46. The summed E-state index contributed by atoms with van der Waals surface area (Å²) in [6.07, 6.45) is 5.68. The zero-order valence-corrected chi connectivity index (χ0v) is 7.88. The molecule has 1 aromatic rings. The monoisotopic (exact) mass is 164 g/mol. The zero-order valence-electron chi connectivity index (χ0n) is 7.88. The smallest absolute Gasteiger partial charge is 0.0524 e. The Labute approximate surface area is 73.6 Å². The predicted molar refractivity (Wildman–Crippen MR) is 49.1 cm³/mol. The predicted octanol–water partition coefficient (Wildman–Crippen LogP) is 2.03. The van der Waals surface area contributed by atoms with Gasteiger partial charge in [-0.25, -0.2) is 0 Å². The quantitative estimate of drug-likeness (QED) is 0.621. The van der Waals surface area contributed by atoms with E-state index in [0.717, 1.165) is 18.9 Å². The number of rotatable bonds is 1. The molecule has 0 radical (unpaired) electrons. The van der Waals surface area contributed by atoms with Crippen LogP contribution in [0, 0.1) is 5.92 Å². The summed E-state index contributed by atoms with van der Waals surface area (Å²) in [6, 6.07) is 0. The molecule has 2 heteroatoms. The van der Waals surface area contributed by atoms with E-state index in [0.29, 0.717) is 0 Å². The maximum absolute atomic E-state index is 4.38. The third-order valence-corrected chi connectivity index (χ3v) is 2.79. The summed E-state index contributed by atoms with van der Waals surface area (Å²) in [5.41, 5.74) is 2.93. The second kappa shape index (κ2) is 2.92. The maximum atomic E-state index is 4.38. The molecule has 0 bridgehead atoms. The van der Waals surface area contributed by atoms with Crippen LogP contribution in [0.2, 0.25) is 0 Å². The number of aryl methyl sites for hydroxylation is 2. The minimum Gasteiger partial charge on any atom is -0.269 e. The van der Waals surface area contributed by atoms with E-state index in [1.165, 1.54) is 24.1 Å². The highest BCUT2D eigenvalue weighted by molar-refractivity contribution is 5.19. The van der Waals surface area contributed by atoms with Gasteiger partial charge >= 0.3 is 0 Å². The molecule has 2 heterocycles. The van der Waals surface area contributed by atoms with Gasteiger partial charge in [-0.1, -0.05) is 13.8 Å². The highest BCUT2D eigenvalue weighted by atomic mass is 15.3. The van der Waals surface area contributed by atoms with Crippen molar-refractivity contribution in [2.24, 2.45) is 5.92 Å². The molecule has 1 aliphatic heterocycles. The highest BCUT2D eigenvalue weighted by Crippen LogP contribution is 2.22. The SMILES string of the molecule is CCc1cnn2c1C[C@@H](C)CC2. The first-order chi connectivity index (χ1) is 5.81. The lowest BCUT2D eigenvalue weighted by atomic mass is 9.96. The molecule has 66 valence electrons. The van der Waals surface area contributed by atoms with E-state index in [2.05, 4.69) is 23.6 Å². The van der Waals surface area contributed by atoms with E-state index in [1.54, 1.807) is 0 Å². The standard InChI is InChI=1S/C10H16N2/c1-3-9-7-11-12-5-4-8(2)6-10(9)12/h7-8H,3-6H2,1-2H3/t8-/m0/s1. The van der Waals surface area contributed by atoms with Crippen molar-refractivity contribution in [3.8, 4) is 0 Å². The van der Waals surface area contributed by atoms with Crippen LogP contribution in [0.4, 0.5) is 0 Å². The summed E-state index contributed by atoms with van der Waals surface area (Å²) >= 11 is 0. The molecule has 0 aromatic carbocycles. The second-order valence-corrected chi connectivity index (χ2v) is 3.79. The van der Waals surface area contributed by atoms with E-state index >= 15 is 0 Å². The van der Waals surface area contributed by atoms with Gasteiger partial charge in [-0.15, -0.1) is 0 Å². The Bertz CT molecular complexity index is 262. The Morgan fingerprint density at radius 3 is 3.25 bits per heavy atom. The van der Waals surface area contributed by atoms with E-state index in [1.807, 2.05) is 6.20 Å². The molecule has 0 spiro atoms. The van der Waals surface area contributed by atoms with Crippen molar-refractivity contribution >= 4 is 0 Å². The van der Waals surface area contributed by atoms with Crippen LogP contribution in [0.5, 0.6) is 0 Å². The van der Waals surface area contributed by atoms with Crippen molar-refractivity contribution in [2.45, 2.75) is 39.7 Å². The molecule has 0 N–H and O–H groups in total. The number of hydrogen-bond acceptors (Lipinski definition) is 1. The number of aromatic nitrogens is 2. The fourth-order valence-electron chi connectivity index (χ4n) is 1.95. The number of fused-ring (bicyclic) bond motifs is 1. The normalized spacial score (nSPS) is 22.3. The Morgan fingerprint density at radius 2 is 2.50 bits per heavy atom. The molecule has 0 aliphatic carbocycles. The fourth-order valence-corrected chi connectivity index (χ4v) is 1.95. The second-order valence-electron chi connectivity index (χ2n) is 3.79. The topological polar surface area (TPSA) is 17.8 Å². The summed E-state index contributed by atoms with van der Waals surface area (Å²) in [4.78, 5) is 0. The maximum Gasteiger partial charge on any atom is 0.0524 e. The van der Waals surface area contributed by atoms with Gasteiger partial charge in [0.1, 0.15) is 0 Å². The molecule has 1 atom stereocenters. The molecular formula is C10H16N2. The highest BCUT2D eigenvalue weighted by Gasteiger charge is 2.17. The summed E-state index contributed by atoms with van der Waals surface area (Å²) in [5, 5.41) is 4.38. The number of hydrogen-bond donors (Lipinski definition) is 0. The first kappa shape index (κ1) is 7.84. The molecule has 0 fully saturated rings. The molecule has 12 heavy (non-hydrogen) atoms. The van der Waals surface area contributed by atoms with Crippen LogP contribution in [-0.2, 0) is 19.4 Å². The lowest BCUT2D eigenvalue weighted by Gasteiger charge is -2.20. The van der Waals surface area contributed by atoms with Crippen molar-refractivity contribution in [1.29, 1.82) is 0 Å². The molecule has 0 saturated heterocycles. The molecule has 0 saturated carbocycles. The van der Waals surface area contributed by atoms with E-state index in [-0.39, 0.29) is 0 Å². The van der Waals surface area contributed by atoms with Gasteiger partial charge in [-0.05, 0) is 30.7 Å². The van der Waals surface area contributed by atoms with Gasteiger partial charge in [0.15, 0.2) is 0 Å². The lowest BCUT2D eigenvalue weighted by Crippen LogP contribution is -2.18. The Hall–Kier alpha value is -0.790. The minimum atomic E-state index is 0.847. The third-order valence-electron chi connectivity index (χ3n) is 2.79. The molecular weight excluding hydrogens is 148 g/mol. The third kappa shape index (κ3) is 1.15. The summed E-state index contributed by atoms with van der Waals surface area (Å²) in [5.74, 6) is 0.847. The van der Waals surface area contributed by atoms with Crippen LogP contribution >= 0.6 is 0 Å². The molecule has 1 aromatic heterocycles. The average molecular weight is 164 g/mol. The fraction of sp³-hybridized carbons (Fsp3) is 0.700. The molecule has 1 aliphatic rings. The van der Waals surface area contributed by atoms with Gasteiger partial charge in [0, 0.05) is 12.2 Å². The van der Waals surface area contributed by atoms with Gasteiger partial charge in [0.05, 0.1) is 6.20 Å². The number of nitrogens with zero attached hydrogens (tertiary/aromatic N) is 2. The zero-order chi connectivity index (χ0) is 8.55. The molecule has 0 amide bonds. The van der Waals surface area contributed by atoms with Gasteiger partial charge in [0.2, 0.25) is 0 Å². The van der Waals surface area contributed by atoms with Crippen LogP contribution in [0.3, 0.4) is 0 Å². The Morgan fingerprint density at radius 1 is 1.67 bits per heavy atom. The molecule has 2 rings (SSSR count). The van der Waals surface area contributed by atoms with Crippen molar-refractivity contribution in [3.05, 3.63) is 17.5 Å². The van der Waals surface area contributed by atoms with Crippen molar-refractivity contribution in [2.75, 3.05) is 0 Å². The van der Waals surface area contributed by atoms with E-state index < -0.39 is 0 Å². The van der Waals surface area contributed by atoms with Crippen LogP contribution in [0.25, 0.3) is 0 Å². The summed E-state index contributed by atoms with van der Waals surface area (Å²) in [6.45, 7) is 5.66. The minimum absolute atomic E-state index is 0.847.